The molecule has 0 unspecified atom stereocenters. The van der Waals surface area contributed by atoms with Crippen LogP contribution in [0.3, 0.4) is 0 Å². The number of thioether (sulfide) groups is 1. The molecular formula is C20H21BrN4O2S. The molecule has 6 nitrogen and oxygen atoms in total. The number of halogens is 1. The SMILES string of the molecule is Cc1cc(SCC(=O)Nc2cccc(OCCn3cncn3)c2)c(C)cc1Br. The number of aromatic nitrogens is 3. The van der Waals surface area contributed by atoms with Crippen molar-refractivity contribution in [2.24, 2.45) is 0 Å². The summed E-state index contributed by atoms with van der Waals surface area (Å²) in [5.41, 5.74) is 3.02. The van der Waals surface area contributed by atoms with Crippen molar-refractivity contribution in [3.8, 4) is 5.75 Å². The number of aryl methyl sites for hydroxylation is 2. The fourth-order valence-electron chi connectivity index (χ4n) is 2.52. The molecule has 0 aliphatic carbocycles. The molecule has 0 bridgehead atoms. The Bertz CT molecular complexity index is 947. The van der Waals surface area contributed by atoms with Gasteiger partial charge in [-0.25, -0.2) is 9.67 Å². The van der Waals surface area contributed by atoms with Gasteiger partial charge in [-0.05, 0) is 49.2 Å². The monoisotopic (exact) mass is 460 g/mol. The molecule has 2 aromatic carbocycles. The molecule has 146 valence electrons. The van der Waals surface area contributed by atoms with Gasteiger partial charge in [0, 0.05) is 21.1 Å². The summed E-state index contributed by atoms with van der Waals surface area (Å²) in [5, 5.41) is 6.96. The zero-order chi connectivity index (χ0) is 19.9. The smallest absolute Gasteiger partial charge is 0.234 e. The normalized spacial score (nSPS) is 10.7. The van der Waals surface area contributed by atoms with E-state index < -0.39 is 0 Å². The highest BCUT2D eigenvalue weighted by molar-refractivity contribution is 9.10. The van der Waals surface area contributed by atoms with Gasteiger partial charge in [0.1, 0.15) is 25.0 Å². The number of ether oxygens (including phenoxy) is 1. The first-order chi connectivity index (χ1) is 13.5. The molecule has 0 atom stereocenters. The summed E-state index contributed by atoms with van der Waals surface area (Å²) in [5.74, 6) is 0.994. The second kappa shape index (κ2) is 9.75. The van der Waals surface area contributed by atoms with Crippen molar-refractivity contribution in [1.29, 1.82) is 0 Å². The van der Waals surface area contributed by atoms with Gasteiger partial charge in [0.15, 0.2) is 0 Å². The van der Waals surface area contributed by atoms with Crippen molar-refractivity contribution < 1.29 is 9.53 Å². The van der Waals surface area contributed by atoms with Crippen molar-refractivity contribution in [2.75, 3.05) is 17.7 Å². The fourth-order valence-corrected chi connectivity index (χ4v) is 3.88. The molecule has 8 heteroatoms. The molecule has 0 saturated heterocycles. The Balaban J connectivity index is 1.50. The summed E-state index contributed by atoms with van der Waals surface area (Å²) in [6.45, 7) is 5.17. The van der Waals surface area contributed by atoms with E-state index in [1.54, 1.807) is 11.0 Å². The number of hydrogen-bond acceptors (Lipinski definition) is 5. The lowest BCUT2D eigenvalue weighted by Crippen LogP contribution is -2.14. The Labute approximate surface area is 176 Å². The molecule has 0 aliphatic heterocycles. The van der Waals surface area contributed by atoms with Crippen LogP contribution >= 0.6 is 27.7 Å². The molecule has 28 heavy (non-hydrogen) atoms. The van der Waals surface area contributed by atoms with Crippen LogP contribution in [0.4, 0.5) is 5.69 Å². The zero-order valence-electron chi connectivity index (χ0n) is 15.7. The maximum absolute atomic E-state index is 12.3. The van der Waals surface area contributed by atoms with E-state index in [4.69, 9.17) is 4.74 Å². The quantitative estimate of drug-likeness (QED) is 0.502. The molecule has 1 amide bonds. The molecule has 0 radical (unpaired) electrons. The van der Waals surface area contributed by atoms with Crippen LogP contribution < -0.4 is 10.1 Å². The van der Waals surface area contributed by atoms with Crippen LogP contribution in [0.15, 0.2) is 58.4 Å². The van der Waals surface area contributed by atoms with Gasteiger partial charge in [-0.15, -0.1) is 11.8 Å². The lowest BCUT2D eigenvalue weighted by atomic mass is 10.2. The number of carbonyl (C=O) groups is 1. The minimum Gasteiger partial charge on any atom is -0.492 e. The number of hydrogen-bond donors (Lipinski definition) is 1. The maximum Gasteiger partial charge on any atom is 0.234 e. The molecule has 0 saturated carbocycles. The first-order valence-corrected chi connectivity index (χ1v) is 10.5. The molecule has 0 spiro atoms. The topological polar surface area (TPSA) is 69.0 Å². The standard InChI is InChI=1S/C20H21BrN4O2S/c1-14-9-19(15(2)8-18(14)21)28-11-20(26)24-16-4-3-5-17(10-16)27-7-6-25-13-22-12-23-25/h3-5,8-10,12-13H,6-7,11H2,1-2H3,(H,24,26). The largest absolute Gasteiger partial charge is 0.492 e. The fraction of sp³-hybridized carbons (Fsp3) is 0.250. The first-order valence-electron chi connectivity index (χ1n) is 8.76. The maximum atomic E-state index is 12.3. The molecule has 3 rings (SSSR count). The Morgan fingerprint density at radius 2 is 2.11 bits per heavy atom. The highest BCUT2D eigenvalue weighted by Gasteiger charge is 2.08. The summed E-state index contributed by atoms with van der Waals surface area (Å²) in [6.07, 6.45) is 3.14. The van der Waals surface area contributed by atoms with E-state index in [2.05, 4.69) is 43.5 Å². The highest BCUT2D eigenvalue weighted by atomic mass is 79.9. The number of amides is 1. The second-order valence-corrected chi connectivity index (χ2v) is 8.11. The zero-order valence-corrected chi connectivity index (χ0v) is 18.1. The van der Waals surface area contributed by atoms with Crippen LogP contribution in [0.1, 0.15) is 11.1 Å². The van der Waals surface area contributed by atoms with Gasteiger partial charge in [-0.2, -0.15) is 5.10 Å². The third-order valence-electron chi connectivity index (χ3n) is 3.99. The Morgan fingerprint density at radius 1 is 1.25 bits per heavy atom. The Kier molecular flexibility index (Phi) is 7.11. The van der Waals surface area contributed by atoms with E-state index in [0.717, 1.165) is 20.5 Å². The van der Waals surface area contributed by atoms with Crippen molar-refractivity contribution >= 4 is 39.3 Å². The van der Waals surface area contributed by atoms with E-state index in [1.807, 2.05) is 38.1 Å². The third kappa shape index (κ3) is 5.84. The average Bonchev–Trinajstić information content (AvgIpc) is 3.17. The predicted octanol–water partition coefficient (Wildman–Crippen LogP) is 4.47. The lowest BCUT2D eigenvalue weighted by Gasteiger charge is -2.10. The van der Waals surface area contributed by atoms with Crippen LogP contribution in [-0.2, 0) is 11.3 Å². The van der Waals surface area contributed by atoms with Gasteiger partial charge < -0.3 is 10.1 Å². The minimum absolute atomic E-state index is 0.0512. The van der Waals surface area contributed by atoms with Gasteiger partial charge >= 0.3 is 0 Å². The van der Waals surface area contributed by atoms with Crippen molar-refractivity contribution in [3.05, 3.63) is 64.7 Å². The second-order valence-electron chi connectivity index (χ2n) is 6.24. The first kappa shape index (κ1) is 20.4. The van der Waals surface area contributed by atoms with E-state index in [9.17, 15) is 4.79 Å². The molecule has 3 aromatic rings. The van der Waals surface area contributed by atoms with Crippen molar-refractivity contribution in [1.82, 2.24) is 14.8 Å². The lowest BCUT2D eigenvalue weighted by molar-refractivity contribution is -0.113. The van der Waals surface area contributed by atoms with Gasteiger partial charge in [-0.1, -0.05) is 22.0 Å². The van der Waals surface area contributed by atoms with Crippen LogP contribution in [0.5, 0.6) is 5.75 Å². The number of rotatable bonds is 8. The van der Waals surface area contributed by atoms with Gasteiger partial charge in [-0.3, -0.25) is 4.79 Å². The van der Waals surface area contributed by atoms with Crippen LogP contribution in [0.25, 0.3) is 0 Å². The van der Waals surface area contributed by atoms with Crippen LogP contribution in [-0.4, -0.2) is 33.0 Å². The van der Waals surface area contributed by atoms with Gasteiger partial charge in [0.05, 0.1) is 12.3 Å². The number of benzene rings is 2. The molecule has 1 aromatic heterocycles. The average molecular weight is 461 g/mol. The Hall–Kier alpha value is -2.32. The van der Waals surface area contributed by atoms with E-state index in [-0.39, 0.29) is 5.91 Å². The van der Waals surface area contributed by atoms with E-state index >= 15 is 0 Å². The highest BCUT2D eigenvalue weighted by Crippen LogP contribution is 2.28. The van der Waals surface area contributed by atoms with E-state index in [1.165, 1.54) is 18.1 Å². The summed E-state index contributed by atoms with van der Waals surface area (Å²) >= 11 is 5.07. The molecule has 1 heterocycles. The predicted molar refractivity (Wildman–Crippen MR) is 115 cm³/mol. The van der Waals surface area contributed by atoms with E-state index in [0.29, 0.717) is 30.3 Å². The van der Waals surface area contributed by atoms with Crippen molar-refractivity contribution in [2.45, 2.75) is 25.3 Å². The van der Waals surface area contributed by atoms with Crippen LogP contribution in [0, 0.1) is 13.8 Å². The summed E-state index contributed by atoms with van der Waals surface area (Å²) < 4.78 is 8.51. The van der Waals surface area contributed by atoms with Crippen molar-refractivity contribution in [3.63, 3.8) is 0 Å². The summed E-state index contributed by atoms with van der Waals surface area (Å²) in [4.78, 5) is 17.3. The third-order valence-corrected chi connectivity index (χ3v) is 6.00. The van der Waals surface area contributed by atoms with Gasteiger partial charge in [0.25, 0.3) is 0 Å². The number of nitrogens with one attached hydrogen (secondary N) is 1. The minimum atomic E-state index is -0.0512. The number of carbonyl (C=O) groups excluding carboxylic acids is 1. The molecule has 0 aliphatic rings. The number of nitrogens with zero attached hydrogens (tertiary/aromatic N) is 3. The summed E-state index contributed by atoms with van der Waals surface area (Å²) in [7, 11) is 0. The Morgan fingerprint density at radius 3 is 2.89 bits per heavy atom. The summed E-state index contributed by atoms with van der Waals surface area (Å²) in [6, 6.07) is 11.6. The van der Waals surface area contributed by atoms with Crippen LogP contribution in [0.2, 0.25) is 0 Å². The molecular weight excluding hydrogens is 440 g/mol. The molecule has 0 fully saturated rings. The number of anilines is 1. The molecule has 1 N–H and O–H groups in total. The van der Waals surface area contributed by atoms with Gasteiger partial charge in [0.2, 0.25) is 5.91 Å².